The Morgan fingerprint density at radius 2 is 1.85 bits per heavy atom. The molecule has 0 aliphatic rings. The van der Waals surface area contributed by atoms with E-state index in [0.717, 1.165) is 6.07 Å². The van der Waals surface area contributed by atoms with Crippen molar-refractivity contribution >= 4 is 5.91 Å². The summed E-state index contributed by atoms with van der Waals surface area (Å²) in [7, 11) is 0. The van der Waals surface area contributed by atoms with Crippen LogP contribution in [0, 0.1) is 5.82 Å². The van der Waals surface area contributed by atoms with Gasteiger partial charge < -0.3 is 10.4 Å². The average molecular weight is 293 g/mol. The average Bonchev–Trinajstić information content (AvgIpc) is 2.26. The Bertz CT molecular complexity index is 510. The first-order valence-electron chi connectivity index (χ1n) is 5.82. The van der Waals surface area contributed by atoms with Gasteiger partial charge in [0.25, 0.3) is 5.91 Å². The lowest BCUT2D eigenvalue weighted by atomic mass is 9.98. The molecule has 112 valence electrons. The maximum absolute atomic E-state index is 13.1. The number of aliphatic hydroxyl groups is 1. The van der Waals surface area contributed by atoms with E-state index in [1.807, 2.05) is 0 Å². The lowest BCUT2D eigenvalue weighted by molar-refractivity contribution is -0.140. The first-order chi connectivity index (χ1) is 8.95. The molecule has 1 atom stereocenters. The highest BCUT2D eigenvalue weighted by molar-refractivity contribution is 5.94. The van der Waals surface area contributed by atoms with Gasteiger partial charge in [-0.15, -0.1) is 0 Å². The molecule has 0 radical (unpaired) electrons. The van der Waals surface area contributed by atoms with Crippen molar-refractivity contribution in [2.24, 2.45) is 0 Å². The van der Waals surface area contributed by atoms with Crippen molar-refractivity contribution in [2.45, 2.75) is 38.6 Å². The van der Waals surface area contributed by atoms with Crippen LogP contribution in [-0.2, 0) is 6.18 Å². The van der Waals surface area contributed by atoms with Crippen molar-refractivity contribution in [3.8, 4) is 0 Å². The van der Waals surface area contributed by atoms with Crippen molar-refractivity contribution in [2.75, 3.05) is 0 Å². The summed E-state index contributed by atoms with van der Waals surface area (Å²) in [5.41, 5.74) is -2.85. The van der Waals surface area contributed by atoms with Gasteiger partial charge in [-0.3, -0.25) is 4.79 Å². The van der Waals surface area contributed by atoms with Crippen LogP contribution in [0.2, 0.25) is 0 Å². The van der Waals surface area contributed by atoms with Gasteiger partial charge in [0.2, 0.25) is 0 Å². The first kappa shape index (κ1) is 16.4. The highest BCUT2D eigenvalue weighted by atomic mass is 19.4. The van der Waals surface area contributed by atoms with Crippen LogP contribution in [0.5, 0.6) is 0 Å². The maximum atomic E-state index is 13.1. The van der Waals surface area contributed by atoms with E-state index in [9.17, 15) is 27.5 Å². The van der Waals surface area contributed by atoms with Gasteiger partial charge in [-0.1, -0.05) is 0 Å². The Morgan fingerprint density at radius 3 is 2.30 bits per heavy atom. The minimum atomic E-state index is -4.87. The van der Waals surface area contributed by atoms with Crippen molar-refractivity contribution < 1.29 is 27.5 Å². The quantitative estimate of drug-likeness (QED) is 0.842. The zero-order valence-electron chi connectivity index (χ0n) is 11.2. The highest BCUT2D eigenvalue weighted by Crippen LogP contribution is 2.32. The zero-order chi connectivity index (χ0) is 15.7. The maximum Gasteiger partial charge on any atom is 0.419 e. The standard InChI is InChI=1S/C13H15F4NO2/c1-7(19)12(2,3)18-11(20)8-4-5-10(14)9(6-8)13(15,16)17/h4-7,19H,1-3H3,(H,18,20). The summed E-state index contributed by atoms with van der Waals surface area (Å²) in [6.45, 7) is 4.47. The first-order valence-corrected chi connectivity index (χ1v) is 5.82. The molecule has 1 aromatic carbocycles. The number of halogens is 4. The van der Waals surface area contributed by atoms with Crippen LogP contribution in [0.4, 0.5) is 17.6 Å². The Labute approximate surface area is 113 Å². The molecule has 0 spiro atoms. The smallest absolute Gasteiger partial charge is 0.391 e. The van der Waals surface area contributed by atoms with Gasteiger partial charge in [0, 0.05) is 5.56 Å². The third-order valence-electron chi connectivity index (χ3n) is 3.01. The molecule has 1 unspecified atom stereocenters. The Hall–Kier alpha value is -1.63. The number of hydrogen-bond acceptors (Lipinski definition) is 2. The van der Waals surface area contributed by atoms with E-state index < -0.39 is 35.1 Å². The van der Waals surface area contributed by atoms with Crippen LogP contribution in [0.1, 0.15) is 36.7 Å². The van der Waals surface area contributed by atoms with Gasteiger partial charge in [-0.2, -0.15) is 13.2 Å². The van der Waals surface area contributed by atoms with E-state index in [4.69, 9.17) is 0 Å². The fourth-order valence-corrected chi connectivity index (χ4v) is 1.35. The zero-order valence-corrected chi connectivity index (χ0v) is 11.2. The van der Waals surface area contributed by atoms with E-state index >= 15 is 0 Å². The molecule has 0 saturated carbocycles. The molecule has 20 heavy (non-hydrogen) atoms. The number of carbonyl (C=O) groups excluding carboxylic acids is 1. The lowest BCUT2D eigenvalue weighted by Crippen LogP contribution is -2.51. The van der Waals surface area contributed by atoms with Crippen molar-refractivity contribution in [3.05, 3.63) is 35.1 Å². The van der Waals surface area contributed by atoms with Gasteiger partial charge >= 0.3 is 6.18 Å². The Balaban J connectivity index is 3.07. The molecule has 7 heteroatoms. The summed E-state index contributed by atoms with van der Waals surface area (Å²) in [5, 5.41) is 11.8. The van der Waals surface area contributed by atoms with Gasteiger partial charge in [-0.05, 0) is 39.0 Å². The van der Waals surface area contributed by atoms with Crippen molar-refractivity contribution in [3.63, 3.8) is 0 Å². The van der Waals surface area contributed by atoms with E-state index in [1.165, 1.54) is 20.8 Å². The second-order valence-electron chi connectivity index (χ2n) is 5.04. The van der Waals surface area contributed by atoms with Crippen LogP contribution < -0.4 is 5.32 Å². The molecule has 0 aliphatic heterocycles. The number of alkyl halides is 3. The summed E-state index contributed by atoms with van der Waals surface area (Å²) in [6, 6.07) is 1.99. The molecule has 0 aromatic heterocycles. The third kappa shape index (κ3) is 3.69. The molecule has 0 fully saturated rings. The number of carbonyl (C=O) groups is 1. The third-order valence-corrected chi connectivity index (χ3v) is 3.01. The van der Waals surface area contributed by atoms with Gasteiger partial charge in [-0.25, -0.2) is 4.39 Å². The number of aliphatic hydroxyl groups excluding tert-OH is 1. The molecule has 0 heterocycles. The molecule has 0 saturated heterocycles. The van der Waals surface area contributed by atoms with Crippen molar-refractivity contribution in [1.29, 1.82) is 0 Å². The lowest BCUT2D eigenvalue weighted by Gasteiger charge is -2.29. The number of hydrogen-bond donors (Lipinski definition) is 2. The van der Waals surface area contributed by atoms with Gasteiger partial charge in [0.1, 0.15) is 5.82 Å². The fourth-order valence-electron chi connectivity index (χ4n) is 1.35. The van der Waals surface area contributed by atoms with Crippen LogP contribution in [0.15, 0.2) is 18.2 Å². The monoisotopic (exact) mass is 293 g/mol. The number of benzene rings is 1. The fraction of sp³-hybridized carbons (Fsp3) is 0.462. The second-order valence-corrected chi connectivity index (χ2v) is 5.04. The predicted octanol–water partition coefficient (Wildman–Crippen LogP) is 2.73. The predicted molar refractivity (Wildman–Crippen MR) is 64.6 cm³/mol. The molecule has 1 aromatic rings. The minimum Gasteiger partial charge on any atom is -0.391 e. The largest absolute Gasteiger partial charge is 0.419 e. The summed E-state index contributed by atoms with van der Waals surface area (Å²) in [4.78, 5) is 11.8. The van der Waals surface area contributed by atoms with E-state index in [1.54, 1.807) is 0 Å². The normalized spacial score (nSPS) is 14.0. The van der Waals surface area contributed by atoms with Crippen LogP contribution in [-0.4, -0.2) is 22.7 Å². The Kier molecular flexibility index (Phi) is 4.43. The molecular formula is C13H15F4NO2. The highest BCUT2D eigenvalue weighted by Gasteiger charge is 2.35. The Morgan fingerprint density at radius 1 is 1.30 bits per heavy atom. The second kappa shape index (κ2) is 5.40. The molecular weight excluding hydrogens is 278 g/mol. The number of rotatable bonds is 3. The van der Waals surface area contributed by atoms with Crippen LogP contribution in [0.25, 0.3) is 0 Å². The van der Waals surface area contributed by atoms with E-state index in [-0.39, 0.29) is 5.56 Å². The number of amides is 1. The minimum absolute atomic E-state index is 0.326. The molecule has 1 rings (SSSR count). The summed E-state index contributed by atoms with van der Waals surface area (Å²) in [6.07, 6.45) is -5.78. The van der Waals surface area contributed by atoms with Crippen LogP contribution >= 0.6 is 0 Å². The molecule has 2 N–H and O–H groups in total. The van der Waals surface area contributed by atoms with Gasteiger partial charge in [0.15, 0.2) is 0 Å². The van der Waals surface area contributed by atoms with Gasteiger partial charge in [0.05, 0.1) is 17.2 Å². The molecule has 1 amide bonds. The summed E-state index contributed by atoms with van der Waals surface area (Å²) in [5.74, 6) is -2.26. The topological polar surface area (TPSA) is 49.3 Å². The number of nitrogens with one attached hydrogen (secondary N) is 1. The summed E-state index contributed by atoms with van der Waals surface area (Å²) >= 11 is 0. The van der Waals surface area contributed by atoms with Crippen molar-refractivity contribution in [1.82, 2.24) is 5.32 Å². The van der Waals surface area contributed by atoms with E-state index in [2.05, 4.69) is 5.32 Å². The van der Waals surface area contributed by atoms with E-state index in [0.29, 0.717) is 12.1 Å². The SMILES string of the molecule is CC(O)C(C)(C)NC(=O)c1ccc(F)c(C(F)(F)F)c1. The summed E-state index contributed by atoms with van der Waals surface area (Å²) < 4.78 is 50.7. The molecule has 3 nitrogen and oxygen atoms in total. The molecule has 0 aliphatic carbocycles. The van der Waals surface area contributed by atoms with Crippen LogP contribution in [0.3, 0.4) is 0 Å². The molecule has 0 bridgehead atoms.